The van der Waals surface area contributed by atoms with Crippen LogP contribution in [0.25, 0.3) is 0 Å². The van der Waals surface area contributed by atoms with Crippen molar-refractivity contribution in [3.8, 4) is 5.75 Å². The molecule has 1 aromatic carbocycles. The largest absolute Gasteiger partial charge is 0.407 e. The van der Waals surface area contributed by atoms with Crippen LogP contribution < -0.4 is 8.91 Å². The van der Waals surface area contributed by atoms with Crippen LogP contribution in [0.3, 0.4) is 0 Å². The van der Waals surface area contributed by atoms with Crippen molar-refractivity contribution in [3.63, 3.8) is 0 Å². The van der Waals surface area contributed by atoms with E-state index in [1.165, 1.54) is 0 Å². The van der Waals surface area contributed by atoms with E-state index in [1.54, 1.807) is 18.2 Å². The maximum atomic E-state index is 10.9. The molecule has 64 valence electrons. The van der Waals surface area contributed by atoms with Gasteiger partial charge in [0.2, 0.25) is 0 Å². The van der Waals surface area contributed by atoms with Gasteiger partial charge < -0.3 is 4.18 Å². The number of benzene rings is 1. The molecule has 1 N–H and O–H groups in total. The van der Waals surface area contributed by atoms with Crippen LogP contribution >= 0.6 is 0 Å². The molecule has 0 radical (unpaired) electrons. The molecule has 1 aliphatic rings. The lowest BCUT2D eigenvalue weighted by Gasteiger charge is -1.94. The Morgan fingerprint density at radius 2 is 2.17 bits per heavy atom. The molecule has 1 aliphatic heterocycles. The zero-order valence-corrected chi connectivity index (χ0v) is 7.18. The van der Waals surface area contributed by atoms with Gasteiger partial charge in [0.1, 0.15) is 0 Å². The number of hydrogen-bond acceptors (Lipinski definition) is 3. The average molecular weight is 185 g/mol. The predicted octanol–water partition coefficient (Wildman–Crippen LogP) is 1.04. The molecule has 0 bridgehead atoms. The first-order chi connectivity index (χ1) is 5.57. The zero-order valence-electron chi connectivity index (χ0n) is 6.37. The van der Waals surface area contributed by atoms with Crippen molar-refractivity contribution in [1.29, 1.82) is 0 Å². The van der Waals surface area contributed by atoms with E-state index in [1.807, 2.05) is 6.92 Å². The second kappa shape index (κ2) is 2.13. The number of fused-ring (bicyclic) bond motifs is 1. The van der Waals surface area contributed by atoms with E-state index >= 15 is 0 Å². The van der Waals surface area contributed by atoms with Gasteiger partial charge in [-0.15, -0.1) is 0 Å². The maximum absolute atomic E-state index is 10.9. The normalized spacial score (nSPS) is 17.8. The molecule has 0 saturated carbocycles. The lowest BCUT2D eigenvalue weighted by atomic mass is 10.2. The topological polar surface area (TPSA) is 55.4 Å². The van der Waals surface area contributed by atoms with Crippen LogP contribution in [-0.4, -0.2) is 8.42 Å². The minimum Gasteiger partial charge on any atom is -0.365 e. The Labute approximate surface area is 70.4 Å². The second-order valence-electron chi connectivity index (χ2n) is 2.64. The lowest BCUT2D eigenvalue weighted by Crippen LogP contribution is -2.10. The molecule has 0 spiro atoms. The van der Waals surface area contributed by atoms with Crippen molar-refractivity contribution < 1.29 is 12.6 Å². The minimum atomic E-state index is -3.57. The summed E-state index contributed by atoms with van der Waals surface area (Å²) in [5.74, 6) is 0.362. The molecule has 4 nitrogen and oxygen atoms in total. The van der Waals surface area contributed by atoms with Crippen molar-refractivity contribution in [2.24, 2.45) is 0 Å². The Morgan fingerprint density at radius 3 is 2.92 bits per heavy atom. The average Bonchev–Trinajstić information content (AvgIpc) is 2.21. The van der Waals surface area contributed by atoms with E-state index in [0.29, 0.717) is 11.4 Å². The molecule has 0 atom stereocenters. The quantitative estimate of drug-likeness (QED) is 0.657. The van der Waals surface area contributed by atoms with Crippen molar-refractivity contribution in [2.75, 3.05) is 4.72 Å². The highest BCUT2D eigenvalue weighted by molar-refractivity contribution is 7.88. The van der Waals surface area contributed by atoms with E-state index in [9.17, 15) is 8.42 Å². The standard InChI is InChI=1S/C7H7NO3S/c1-5-2-3-7-6(4-5)8-12(9,10)11-7/h2-4,8H,1H3. The molecule has 0 fully saturated rings. The third-order valence-electron chi connectivity index (χ3n) is 1.57. The van der Waals surface area contributed by atoms with Gasteiger partial charge in [0, 0.05) is 0 Å². The SMILES string of the molecule is Cc1ccc2c(c1)NS(=O)(=O)O2. The number of rotatable bonds is 0. The summed E-state index contributed by atoms with van der Waals surface area (Å²) in [4.78, 5) is 0. The highest BCUT2D eigenvalue weighted by atomic mass is 32.2. The smallest absolute Gasteiger partial charge is 0.365 e. The Balaban J connectivity index is 2.56. The van der Waals surface area contributed by atoms with Gasteiger partial charge in [0.25, 0.3) is 0 Å². The van der Waals surface area contributed by atoms with Gasteiger partial charge in [-0.3, -0.25) is 0 Å². The third-order valence-corrected chi connectivity index (χ3v) is 2.44. The Morgan fingerprint density at radius 1 is 1.42 bits per heavy atom. The summed E-state index contributed by atoms with van der Waals surface area (Å²) >= 11 is 0. The fourth-order valence-electron chi connectivity index (χ4n) is 1.07. The molecule has 0 saturated heterocycles. The predicted molar refractivity (Wildman–Crippen MR) is 44.3 cm³/mol. The van der Waals surface area contributed by atoms with Crippen LogP contribution in [0.4, 0.5) is 5.69 Å². The van der Waals surface area contributed by atoms with Crippen molar-refractivity contribution in [2.45, 2.75) is 6.92 Å². The van der Waals surface area contributed by atoms with Gasteiger partial charge in [-0.05, 0) is 24.6 Å². The van der Waals surface area contributed by atoms with Gasteiger partial charge in [-0.2, -0.15) is 8.42 Å². The highest BCUT2D eigenvalue weighted by Gasteiger charge is 2.24. The van der Waals surface area contributed by atoms with Gasteiger partial charge >= 0.3 is 10.3 Å². The van der Waals surface area contributed by atoms with Crippen LogP contribution in [0.15, 0.2) is 18.2 Å². The molecular formula is C7H7NO3S. The van der Waals surface area contributed by atoms with Crippen LogP contribution in [0.2, 0.25) is 0 Å². The van der Waals surface area contributed by atoms with E-state index in [2.05, 4.69) is 8.91 Å². The molecule has 12 heavy (non-hydrogen) atoms. The Kier molecular flexibility index (Phi) is 1.32. The summed E-state index contributed by atoms with van der Waals surface area (Å²) in [6, 6.07) is 5.14. The number of aryl methyl sites for hydroxylation is 1. The molecule has 2 rings (SSSR count). The Hall–Kier alpha value is -1.23. The van der Waals surface area contributed by atoms with Crippen LogP contribution in [-0.2, 0) is 10.3 Å². The van der Waals surface area contributed by atoms with E-state index in [-0.39, 0.29) is 0 Å². The molecule has 1 aromatic rings. The number of anilines is 1. The summed E-state index contributed by atoms with van der Waals surface area (Å²) in [5.41, 5.74) is 1.50. The molecular weight excluding hydrogens is 178 g/mol. The summed E-state index contributed by atoms with van der Waals surface area (Å²) in [6.07, 6.45) is 0. The zero-order chi connectivity index (χ0) is 8.77. The van der Waals surface area contributed by atoms with Crippen molar-refractivity contribution in [3.05, 3.63) is 23.8 Å². The molecule has 1 heterocycles. The van der Waals surface area contributed by atoms with Crippen molar-refractivity contribution >= 4 is 16.0 Å². The summed E-state index contributed by atoms with van der Waals surface area (Å²) in [5, 5.41) is 0. The number of nitrogens with one attached hydrogen (secondary N) is 1. The lowest BCUT2D eigenvalue weighted by molar-refractivity contribution is 0.503. The maximum Gasteiger partial charge on any atom is 0.407 e. The van der Waals surface area contributed by atoms with Crippen molar-refractivity contribution in [1.82, 2.24) is 0 Å². The van der Waals surface area contributed by atoms with Gasteiger partial charge in [-0.1, -0.05) is 6.07 Å². The first kappa shape index (κ1) is 7.42. The van der Waals surface area contributed by atoms with Crippen LogP contribution in [0.1, 0.15) is 5.56 Å². The number of hydrogen-bond donors (Lipinski definition) is 1. The van der Waals surface area contributed by atoms with E-state index in [0.717, 1.165) is 5.56 Å². The summed E-state index contributed by atoms with van der Waals surface area (Å²) < 4.78 is 28.6. The summed E-state index contributed by atoms with van der Waals surface area (Å²) in [7, 11) is -3.57. The molecule has 0 unspecified atom stereocenters. The third kappa shape index (κ3) is 1.12. The fourth-order valence-corrected chi connectivity index (χ4v) is 1.92. The fraction of sp³-hybridized carbons (Fsp3) is 0.143. The molecule has 0 amide bonds. The second-order valence-corrected chi connectivity index (χ2v) is 3.92. The van der Waals surface area contributed by atoms with Gasteiger partial charge in [0.15, 0.2) is 5.75 Å². The first-order valence-electron chi connectivity index (χ1n) is 3.40. The van der Waals surface area contributed by atoms with Gasteiger partial charge in [0.05, 0.1) is 5.69 Å². The van der Waals surface area contributed by atoms with Crippen LogP contribution in [0, 0.1) is 6.92 Å². The van der Waals surface area contributed by atoms with Crippen LogP contribution in [0.5, 0.6) is 5.75 Å². The van der Waals surface area contributed by atoms with E-state index in [4.69, 9.17) is 0 Å². The first-order valence-corrected chi connectivity index (χ1v) is 4.80. The molecule has 5 heteroatoms. The summed E-state index contributed by atoms with van der Waals surface area (Å²) in [6.45, 7) is 1.88. The van der Waals surface area contributed by atoms with Gasteiger partial charge in [-0.25, -0.2) is 4.72 Å². The monoisotopic (exact) mass is 185 g/mol. The molecule has 0 aromatic heterocycles. The Bertz CT molecular complexity index is 424. The van der Waals surface area contributed by atoms with E-state index < -0.39 is 10.3 Å². The highest BCUT2D eigenvalue weighted by Crippen LogP contribution is 2.32. The minimum absolute atomic E-state index is 0.362. The molecule has 0 aliphatic carbocycles.